The Morgan fingerprint density at radius 1 is 1.35 bits per heavy atom. The van der Waals surface area contributed by atoms with Gasteiger partial charge < -0.3 is 4.90 Å². The molecule has 0 saturated carbocycles. The first-order valence-electron chi connectivity index (χ1n) is 5.88. The normalized spacial score (nSPS) is 12.2. The van der Waals surface area contributed by atoms with Crippen LogP contribution in [0.25, 0.3) is 0 Å². The van der Waals surface area contributed by atoms with Crippen LogP contribution in [0.5, 0.6) is 0 Å². The standard InChI is InChI=1S/C14H12Br2ClNOS/c1-8(9-5-3-4-6-11(9)17)18(2)14(19)12-7-10(15)13(16)20-12/h3-8H,1-2H3. The molecule has 0 aliphatic heterocycles. The first-order valence-corrected chi connectivity index (χ1v) is 8.66. The highest BCUT2D eigenvalue weighted by Crippen LogP contribution is 2.34. The topological polar surface area (TPSA) is 20.3 Å². The van der Waals surface area contributed by atoms with Gasteiger partial charge in [-0.25, -0.2) is 0 Å². The summed E-state index contributed by atoms with van der Waals surface area (Å²) in [5.41, 5.74) is 0.944. The number of rotatable bonds is 3. The van der Waals surface area contributed by atoms with E-state index in [4.69, 9.17) is 11.6 Å². The van der Waals surface area contributed by atoms with Gasteiger partial charge in [0.1, 0.15) is 0 Å². The van der Waals surface area contributed by atoms with Gasteiger partial charge in [0, 0.05) is 16.5 Å². The van der Waals surface area contributed by atoms with E-state index in [0.29, 0.717) is 9.90 Å². The zero-order valence-electron chi connectivity index (χ0n) is 10.9. The smallest absolute Gasteiger partial charge is 0.264 e. The van der Waals surface area contributed by atoms with Crippen molar-refractivity contribution < 1.29 is 4.79 Å². The molecule has 0 radical (unpaired) electrons. The molecule has 20 heavy (non-hydrogen) atoms. The van der Waals surface area contributed by atoms with E-state index in [-0.39, 0.29) is 11.9 Å². The van der Waals surface area contributed by atoms with Gasteiger partial charge in [-0.05, 0) is 56.5 Å². The Hall–Kier alpha value is -0.360. The number of halogens is 3. The molecule has 0 aliphatic carbocycles. The zero-order valence-corrected chi connectivity index (χ0v) is 15.6. The number of nitrogens with zero attached hydrogens (tertiary/aromatic N) is 1. The molecule has 0 saturated heterocycles. The lowest BCUT2D eigenvalue weighted by molar-refractivity contribution is 0.0747. The van der Waals surface area contributed by atoms with E-state index in [1.807, 2.05) is 37.3 Å². The lowest BCUT2D eigenvalue weighted by Crippen LogP contribution is -2.29. The predicted molar refractivity (Wildman–Crippen MR) is 91.7 cm³/mol. The summed E-state index contributed by atoms with van der Waals surface area (Å²) in [7, 11) is 1.79. The van der Waals surface area contributed by atoms with Crippen LogP contribution in [-0.2, 0) is 0 Å². The minimum absolute atomic E-state index is 0.0196. The fraction of sp³-hybridized carbons (Fsp3) is 0.214. The number of amides is 1. The van der Waals surface area contributed by atoms with Crippen LogP contribution in [0.1, 0.15) is 28.2 Å². The SMILES string of the molecule is CC(c1ccccc1Cl)N(C)C(=O)c1cc(Br)c(Br)s1. The minimum Gasteiger partial charge on any atom is -0.334 e. The zero-order chi connectivity index (χ0) is 14.9. The van der Waals surface area contributed by atoms with Crippen LogP contribution in [0.15, 0.2) is 38.6 Å². The molecule has 0 N–H and O–H groups in total. The molecule has 1 atom stereocenters. The summed E-state index contributed by atoms with van der Waals surface area (Å²) in [4.78, 5) is 14.9. The second-order valence-corrected chi connectivity index (χ2v) is 7.98. The van der Waals surface area contributed by atoms with Crippen LogP contribution in [0.3, 0.4) is 0 Å². The van der Waals surface area contributed by atoms with E-state index in [1.54, 1.807) is 11.9 Å². The highest BCUT2D eigenvalue weighted by Gasteiger charge is 2.22. The molecule has 0 spiro atoms. The van der Waals surface area contributed by atoms with E-state index >= 15 is 0 Å². The average Bonchev–Trinajstić information content (AvgIpc) is 2.77. The van der Waals surface area contributed by atoms with Gasteiger partial charge in [-0.2, -0.15) is 0 Å². The maximum atomic E-state index is 12.5. The maximum absolute atomic E-state index is 12.5. The summed E-state index contributed by atoms with van der Waals surface area (Å²) in [6.07, 6.45) is 0. The first kappa shape index (κ1) is 16.0. The molecule has 1 heterocycles. The lowest BCUT2D eigenvalue weighted by atomic mass is 10.1. The molecule has 2 rings (SSSR count). The Labute approximate surface area is 144 Å². The van der Waals surface area contributed by atoms with Crippen molar-refractivity contribution in [2.45, 2.75) is 13.0 Å². The predicted octanol–water partition coefficient (Wildman–Crippen LogP) is 5.76. The molecule has 1 aromatic carbocycles. The average molecular weight is 438 g/mol. The van der Waals surface area contributed by atoms with Crippen molar-refractivity contribution in [2.24, 2.45) is 0 Å². The number of benzene rings is 1. The summed E-state index contributed by atoms with van der Waals surface area (Å²) >= 11 is 14.4. The van der Waals surface area contributed by atoms with Crippen molar-refractivity contribution in [3.8, 4) is 0 Å². The minimum atomic E-state index is -0.0872. The van der Waals surface area contributed by atoms with Crippen LogP contribution >= 0.6 is 54.8 Å². The van der Waals surface area contributed by atoms with Crippen LogP contribution < -0.4 is 0 Å². The van der Waals surface area contributed by atoms with E-state index in [2.05, 4.69) is 31.9 Å². The molecule has 0 aliphatic rings. The number of hydrogen-bond acceptors (Lipinski definition) is 2. The third-order valence-corrected chi connectivity index (χ3v) is 6.70. The molecule has 1 unspecified atom stereocenters. The molecule has 0 bridgehead atoms. The van der Waals surface area contributed by atoms with Gasteiger partial charge in [0.2, 0.25) is 0 Å². The fourth-order valence-electron chi connectivity index (χ4n) is 1.82. The van der Waals surface area contributed by atoms with Gasteiger partial charge >= 0.3 is 0 Å². The highest BCUT2D eigenvalue weighted by atomic mass is 79.9. The molecular weight excluding hydrogens is 425 g/mol. The molecule has 1 aromatic heterocycles. The van der Waals surface area contributed by atoms with E-state index < -0.39 is 0 Å². The summed E-state index contributed by atoms with van der Waals surface area (Å²) in [5, 5.41) is 0.674. The monoisotopic (exact) mass is 435 g/mol. The summed E-state index contributed by atoms with van der Waals surface area (Å²) in [6, 6.07) is 9.33. The van der Waals surface area contributed by atoms with Gasteiger partial charge in [-0.1, -0.05) is 29.8 Å². The van der Waals surface area contributed by atoms with Gasteiger partial charge in [-0.15, -0.1) is 11.3 Å². The Bertz CT molecular complexity index is 624. The molecule has 2 nitrogen and oxygen atoms in total. The van der Waals surface area contributed by atoms with Crippen LogP contribution in [0.2, 0.25) is 5.02 Å². The second-order valence-electron chi connectivity index (χ2n) is 4.35. The van der Waals surface area contributed by atoms with Crippen molar-refractivity contribution in [1.29, 1.82) is 0 Å². The van der Waals surface area contributed by atoms with Gasteiger partial charge in [0.25, 0.3) is 5.91 Å². The molecule has 1 amide bonds. The van der Waals surface area contributed by atoms with Gasteiger partial charge in [-0.3, -0.25) is 4.79 Å². The summed E-state index contributed by atoms with van der Waals surface area (Å²) in [6.45, 7) is 1.97. The van der Waals surface area contributed by atoms with Gasteiger partial charge in [0.05, 0.1) is 14.7 Å². The Morgan fingerprint density at radius 3 is 2.55 bits per heavy atom. The quantitative estimate of drug-likeness (QED) is 0.598. The third kappa shape index (κ3) is 3.27. The summed E-state index contributed by atoms with van der Waals surface area (Å²) in [5.74, 6) is -0.0196. The van der Waals surface area contributed by atoms with Crippen molar-refractivity contribution >= 4 is 60.7 Å². The second kappa shape index (κ2) is 6.60. The van der Waals surface area contributed by atoms with Crippen molar-refractivity contribution in [3.05, 3.63) is 54.1 Å². The maximum Gasteiger partial charge on any atom is 0.264 e. The van der Waals surface area contributed by atoms with E-state index in [0.717, 1.165) is 13.8 Å². The van der Waals surface area contributed by atoms with Gasteiger partial charge in [0.15, 0.2) is 0 Å². The van der Waals surface area contributed by atoms with Crippen LogP contribution in [0, 0.1) is 0 Å². The number of thiophene rings is 1. The Balaban J connectivity index is 2.24. The van der Waals surface area contributed by atoms with E-state index in [9.17, 15) is 4.79 Å². The number of hydrogen-bond donors (Lipinski definition) is 0. The Kier molecular flexibility index (Phi) is 5.29. The molecular formula is C14H12Br2ClNOS. The largest absolute Gasteiger partial charge is 0.334 e. The first-order chi connectivity index (χ1) is 9.41. The van der Waals surface area contributed by atoms with E-state index in [1.165, 1.54) is 11.3 Å². The molecule has 2 aromatic rings. The third-order valence-electron chi connectivity index (χ3n) is 3.11. The van der Waals surface area contributed by atoms with Crippen molar-refractivity contribution in [2.75, 3.05) is 7.05 Å². The fourth-order valence-corrected chi connectivity index (χ4v) is 4.14. The Morgan fingerprint density at radius 2 is 2.00 bits per heavy atom. The van der Waals surface area contributed by atoms with Crippen molar-refractivity contribution in [3.63, 3.8) is 0 Å². The number of carbonyl (C=O) groups is 1. The number of carbonyl (C=O) groups excluding carboxylic acids is 1. The van der Waals surface area contributed by atoms with Crippen LogP contribution in [-0.4, -0.2) is 17.9 Å². The molecule has 0 fully saturated rings. The molecule has 6 heteroatoms. The van der Waals surface area contributed by atoms with Crippen LogP contribution in [0.4, 0.5) is 0 Å². The molecule has 106 valence electrons. The summed E-state index contributed by atoms with van der Waals surface area (Å²) < 4.78 is 1.81. The highest BCUT2D eigenvalue weighted by molar-refractivity contribution is 9.13. The lowest BCUT2D eigenvalue weighted by Gasteiger charge is -2.25. The van der Waals surface area contributed by atoms with Crippen molar-refractivity contribution in [1.82, 2.24) is 4.90 Å².